The van der Waals surface area contributed by atoms with Gasteiger partial charge in [0, 0.05) is 18.5 Å². The van der Waals surface area contributed by atoms with Gasteiger partial charge in [-0.2, -0.15) is 10.4 Å². The number of carbonyl (C=O) groups is 1. The number of anilines is 2. The molecule has 0 unspecified atom stereocenters. The Hall–Kier alpha value is -2.26. The fraction of sp³-hybridized carbons (Fsp3) is 0.522. The van der Waals surface area contributed by atoms with Crippen LogP contribution in [-0.2, 0) is 15.8 Å². The SMILES string of the molecule is CC(C)(C)[Si](C)(C)OCc1cc(Nc2nn([C@@H]3COCC[C@H]3C#N)cc2C(N)=O)cc(F)c1Br. The van der Waals surface area contributed by atoms with Crippen LogP contribution in [-0.4, -0.2) is 37.2 Å². The summed E-state index contributed by atoms with van der Waals surface area (Å²) >= 11 is 3.32. The number of halogens is 2. The van der Waals surface area contributed by atoms with E-state index in [0.29, 0.717) is 35.4 Å². The summed E-state index contributed by atoms with van der Waals surface area (Å²) in [5.74, 6) is -1.26. The van der Waals surface area contributed by atoms with E-state index in [1.807, 2.05) is 0 Å². The molecule has 2 heterocycles. The van der Waals surface area contributed by atoms with Crippen LogP contribution in [0.25, 0.3) is 0 Å². The van der Waals surface area contributed by atoms with Crippen molar-refractivity contribution in [3.8, 4) is 6.07 Å². The van der Waals surface area contributed by atoms with Gasteiger partial charge in [-0.15, -0.1) is 0 Å². The molecule has 0 spiro atoms. The summed E-state index contributed by atoms with van der Waals surface area (Å²) < 4.78 is 28.4. The van der Waals surface area contributed by atoms with E-state index in [9.17, 15) is 14.4 Å². The summed E-state index contributed by atoms with van der Waals surface area (Å²) in [6.07, 6.45) is 2.08. The van der Waals surface area contributed by atoms with E-state index in [0.717, 1.165) is 0 Å². The molecule has 1 aromatic heterocycles. The highest BCUT2D eigenvalue weighted by Crippen LogP contribution is 2.38. The molecule has 0 bridgehead atoms. The van der Waals surface area contributed by atoms with Crippen LogP contribution in [0.5, 0.6) is 0 Å². The van der Waals surface area contributed by atoms with Gasteiger partial charge >= 0.3 is 0 Å². The van der Waals surface area contributed by atoms with Gasteiger partial charge in [0.1, 0.15) is 11.4 Å². The number of nitriles is 1. The van der Waals surface area contributed by atoms with Crippen molar-refractivity contribution in [2.45, 2.75) is 58.0 Å². The molecular formula is C23H31BrFN5O3Si. The van der Waals surface area contributed by atoms with Gasteiger partial charge in [-0.05, 0) is 58.2 Å². The highest BCUT2D eigenvalue weighted by atomic mass is 79.9. The lowest BCUT2D eigenvalue weighted by molar-refractivity contribution is 0.0342. The van der Waals surface area contributed by atoms with Gasteiger partial charge in [0.15, 0.2) is 14.1 Å². The third kappa shape index (κ3) is 5.68. The van der Waals surface area contributed by atoms with Gasteiger partial charge in [-0.25, -0.2) is 4.39 Å². The Morgan fingerprint density at radius 1 is 1.47 bits per heavy atom. The predicted octanol–water partition coefficient (Wildman–Crippen LogP) is 5.25. The first-order chi connectivity index (χ1) is 15.8. The zero-order valence-electron chi connectivity index (χ0n) is 20.1. The number of nitrogens with zero attached hydrogens (tertiary/aromatic N) is 3. The third-order valence-corrected chi connectivity index (χ3v) is 12.0. The number of nitrogens with one attached hydrogen (secondary N) is 1. The molecule has 3 rings (SSSR count). The van der Waals surface area contributed by atoms with E-state index >= 15 is 0 Å². The molecule has 2 atom stereocenters. The Kier molecular flexibility index (Phi) is 7.87. The molecule has 1 aliphatic rings. The molecule has 1 aromatic carbocycles. The molecule has 1 amide bonds. The second-order valence-electron chi connectivity index (χ2n) is 10.0. The highest BCUT2D eigenvalue weighted by Gasteiger charge is 2.37. The van der Waals surface area contributed by atoms with E-state index in [2.05, 4.69) is 66.3 Å². The number of hydrogen-bond donors (Lipinski definition) is 2. The molecule has 3 N–H and O–H groups in total. The van der Waals surface area contributed by atoms with E-state index in [-0.39, 0.29) is 35.0 Å². The molecular weight excluding hydrogens is 521 g/mol. The molecule has 1 fully saturated rings. The maximum atomic E-state index is 14.7. The molecule has 0 radical (unpaired) electrons. The lowest BCUT2D eigenvalue weighted by Gasteiger charge is -2.36. The summed E-state index contributed by atoms with van der Waals surface area (Å²) in [5, 5.41) is 17.0. The van der Waals surface area contributed by atoms with Crippen LogP contribution in [0.1, 0.15) is 49.2 Å². The molecule has 0 aliphatic carbocycles. The molecule has 184 valence electrons. The van der Waals surface area contributed by atoms with Crippen molar-refractivity contribution in [2.24, 2.45) is 11.7 Å². The van der Waals surface area contributed by atoms with Gasteiger partial charge in [0.05, 0.1) is 35.7 Å². The first kappa shape index (κ1) is 26.3. The minimum Gasteiger partial charge on any atom is -0.413 e. The van der Waals surface area contributed by atoms with E-state index < -0.39 is 20.0 Å². The fourth-order valence-electron chi connectivity index (χ4n) is 3.40. The zero-order valence-corrected chi connectivity index (χ0v) is 22.7. The number of rotatable bonds is 7. The average molecular weight is 553 g/mol. The summed E-state index contributed by atoms with van der Waals surface area (Å²) in [5.41, 5.74) is 6.75. The first-order valence-corrected chi connectivity index (χ1v) is 14.8. The number of hydrogen-bond acceptors (Lipinski definition) is 6. The molecule has 11 heteroatoms. The molecule has 1 aliphatic heterocycles. The Labute approximate surface area is 208 Å². The van der Waals surface area contributed by atoms with Crippen molar-refractivity contribution in [1.82, 2.24) is 9.78 Å². The highest BCUT2D eigenvalue weighted by molar-refractivity contribution is 9.10. The minimum absolute atomic E-state index is 0.0151. The van der Waals surface area contributed by atoms with Gasteiger partial charge in [0.2, 0.25) is 0 Å². The van der Waals surface area contributed by atoms with E-state index in [1.165, 1.54) is 16.9 Å². The van der Waals surface area contributed by atoms with Crippen LogP contribution in [0.2, 0.25) is 18.1 Å². The summed E-state index contributed by atoms with van der Waals surface area (Å²) in [7, 11) is -2.05. The van der Waals surface area contributed by atoms with Gasteiger partial charge in [0.25, 0.3) is 5.91 Å². The van der Waals surface area contributed by atoms with E-state index in [1.54, 1.807) is 6.07 Å². The number of primary amides is 1. The largest absolute Gasteiger partial charge is 0.413 e. The Morgan fingerprint density at radius 3 is 2.79 bits per heavy atom. The second kappa shape index (κ2) is 10.2. The average Bonchev–Trinajstić information content (AvgIpc) is 3.18. The van der Waals surface area contributed by atoms with Crippen LogP contribution in [0, 0.1) is 23.1 Å². The normalized spacial score (nSPS) is 19.0. The quantitative estimate of drug-likeness (QED) is 0.454. The van der Waals surface area contributed by atoms with Crippen LogP contribution in [0.4, 0.5) is 15.9 Å². The molecule has 8 nitrogen and oxygen atoms in total. The Bertz CT molecular complexity index is 1110. The summed E-state index contributed by atoms with van der Waals surface area (Å²) in [6, 6.07) is 5.00. The smallest absolute Gasteiger partial charge is 0.254 e. The van der Waals surface area contributed by atoms with Crippen molar-refractivity contribution >= 4 is 41.7 Å². The zero-order chi connectivity index (χ0) is 25.3. The third-order valence-electron chi connectivity index (χ3n) is 6.59. The standard InChI is InChI=1S/C23H31BrFN5O3Si/c1-23(2,3)34(4,5)33-12-15-8-16(9-18(25)20(15)24)28-22-17(21(27)31)11-30(29-22)19-13-32-7-6-14(19)10-26/h8-9,11,14,19H,6-7,12-13H2,1-5H3,(H2,27,31)(H,28,29)/t14-,19+/m0/s1. The second-order valence-corrected chi connectivity index (χ2v) is 15.6. The molecule has 1 saturated heterocycles. The molecule has 0 saturated carbocycles. The Morgan fingerprint density at radius 2 is 2.18 bits per heavy atom. The van der Waals surface area contributed by atoms with Crippen LogP contribution in [0.3, 0.4) is 0 Å². The Balaban J connectivity index is 1.90. The van der Waals surface area contributed by atoms with Crippen molar-refractivity contribution < 1.29 is 18.3 Å². The number of benzene rings is 1. The number of aromatic nitrogens is 2. The fourth-order valence-corrected chi connectivity index (χ4v) is 4.70. The van der Waals surface area contributed by atoms with Crippen molar-refractivity contribution in [3.05, 3.63) is 39.7 Å². The summed E-state index contributed by atoms with van der Waals surface area (Å²) in [6.45, 7) is 11.7. The summed E-state index contributed by atoms with van der Waals surface area (Å²) in [4.78, 5) is 12.1. The van der Waals surface area contributed by atoms with Crippen LogP contribution >= 0.6 is 15.9 Å². The first-order valence-electron chi connectivity index (χ1n) is 11.1. The van der Waals surface area contributed by atoms with Crippen molar-refractivity contribution in [1.29, 1.82) is 5.26 Å². The maximum absolute atomic E-state index is 14.7. The van der Waals surface area contributed by atoms with E-state index in [4.69, 9.17) is 14.9 Å². The van der Waals surface area contributed by atoms with Crippen molar-refractivity contribution in [3.63, 3.8) is 0 Å². The minimum atomic E-state index is -2.05. The van der Waals surface area contributed by atoms with Gasteiger partial charge in [-0.3, -0.25) is 9.48 Å². The van der Waals surface area contributed by atoms with Crippen LogP contribution in [0.15, 0.2) is 22.8 Å². The molecule has 34 heavy (non-hydrogen) atoms. The van der Waals surface area contributed by atoms with Gasteiger partial charge in [-0.1, -0.05) is 20.8 Å². The lowest BCUT2D eigenvalue weighted by Crippen LogP contribution is -2.40. The predicted molar refractivity (Wildman–Crippen MR) is 134 cm³/mol. The number of nitrogens with two attached hydrogens (primary N) is 1. The maximum Gasteiger partial charge on any atom is 0.254 e. The van der Waals surface area contributed by atoms with Crippen LogP contribution < -0.4 is 11.1 Å². The monoisotopic (exact) mass is 551 g/mol. The van der Waals surface area contributed by atoms with Crippen molar-refractivity contribution in [2.75, 3.05) is 18.5 Å². The number of amides is 1. The lowest BCUT2D eigenvalue weighted by atomic mass is 9.97. The van der Waals surface area contributed by atoms with Gasteiger partial charge < -0.3 is 20.2 Å². The topological polar surface area (TPSA) is 115 Å². The number of ether oxygens (including phenoxy) is 1. The molecule has 2 aromatic rings. The number of carbonyl (C=O) groups excluding carboxylic acids is 1.